The minimum Gasteiger partial charge on any atom is -0.496 e. The Morgan fingerprint density at radius 2 is 2.19 bits per heavy atom. The number of rotatable bonds is 7. The van der Waals surface area contributed by atoms with Gasteiger partial charge in [-0.3, -0.25) is 24.3 Å². The van der Waals surface area contributed by atoms with Crippen LogP contribution in [0.15, 0.2) is 48.9 Å². The van der Waals surface area contributed by atoms with Gasteiger partial charge < -0.3 is 4.74 Å². The molecular formula is C18H17N5O4. The van der Waals surface area contributed by atoms with Crippen LogP contribution in [0, 0.1) is 10.1 Å². The maximum Gasteiger partial charge on any atom is 0.307 e. The zero-order valence-electron chi connectivity index (χ0n) is 14.8. The number of nitro groups is 1. The highest BCUT2D eigenvalue weighted by molar-refractivity contribution is 6.05. The summed E-state index contributed by atoms with van der Waals surface area (Å²) >= 11 is 0. The van der Waals surface area contributed by atoms with Gasteiger partial charge in [0.2, 0.25) is 5.78 Å². The number of ether oxygens (including phenoxy) is 1. The standard InChI is InChI=1S/C18H17N5O4/c1-21-8-7-16(20-21)17(24)5-3-13-4-6-18(27-2)14(9-13)11-22-12-15(10-19-22)23(25)26/h3-10,12H,11H2,1-2H3/b5-3+. The van der Waals surface area contributed by atoms with Gasteiger partial charge in [-0.2, -0.15) is 10.2 Å². The van der Waals surface area contributed by atoms with Gasteiger partial charge >= 0.3 is 5.69 Å². The first-order valence-electron chi connectivity index (χ1n) is 8.02. The molecule has 0 aliphatic rings. The van der Waals surface area contributed by atoms with Crippen LogP contribution in [0.3, 0.4) is 0 Å². The fraction of sp³-hybridized carbons (Fsp3) is 0.167. The molecule has 3 aromatic rings. The predicted octanol–water partition coefficient (Wildman–Crippen LogP) is 2.48. The van der Waals surface area contributed by atoms with Crippen molar-refractivity contribution in [2.45, 2.75) is 6.54 Å². The Labute approximate surface area is 154 Å². The van der Waals surface area contributed by atoms with Crippen LogP contribution in [-0.4, -0.2) is 37.4 Å². The van der Waals surface area contributed by atoms with E-state index in [1.807, 2.05) is 12.1 Å². The Kier molecular flexibility index (Phi) is 5.11. The smallest absolute Gasteiger partial charge is 0.307 e. The molecule has 0 fully saturated rings. The third kappa shape index (κ3) is 4.27. The molecule has 2 heterocycles. The third-order valence-electron chi connectivity index (χ3n) is 3.86. The van der Waals surface area contributed by atoms with Crippen molar-refractivity contribution in [1.82, 2.24) is 19.6 Å². The number of methoxy groups -OCH3 is 1. The number of benzene rings is 1. The molecule has 9 heteroatoms. The van der Waals surface area contributed by atoms with E-state index in [1.165, 1.54) is 23.2 Å². The van der Waals surface area contributed by atoms with Gasteiger partial charge in [0, 0.05) is 18.8 Å². The van der Waals surface area contributed by atoms with Crippen molar-refractivity contribution >= 4 is 17.5 Å². The maximum atomic E-state index is 12.1. The maximum absolute atomic E-state index is 12.1. The van der Waals surface area contributed by atoms with Gasteiger partial charge in [0.05, 0.1) is 18.6 Å². The molecule has 2 aromatic heterocycles. The summed E-state index contributed by atoms with van der Waals surface area (Å²) in [6.07, 6.45) is 7.39. The van der Waals surface area contributed by atoms with E-state index < -0.39 is 4.92 Å². The first-order chi connectivity index (χ1) is 13.0. The van der Waals surface area contributed by atoms with Crippen molar-refractivity contribution < 1.29 is 14.5 Å². The van der Waals surface area contributed by atoms with Gasteiger partial charge in [-0.1, -0.05) is 12.1 Å². The SMILES string of the molecule is COc1ccc(/C=C/C(=O)c2ccn(C)n2)cc1Cn1cc([N+](=O)[O-])cn1. The minimum absolute atomic E-state index is 0.0778. The Morgan fingerprint density at radius 3 is 2.81 bits per heavy atom. The molecule has 0 saturated heterocycles. The molecule has 0 bridgehead atoms. The van der Waals surface area contributed by atoms with Crippen LogP contribution in [0.2, 0.25) is 0 Å². The Balaban J connectivity index is 1.81. The Hall–Kier alpha value is -3.75. The molecule has 0 aliphatic carbocycles. The molecule has 0 unspecified atom stereocenters. The molecule has 138 valence electrons. The van der Waals surface area contributed by atoms with Crippen LogP contribution < -0.4 is 4.74 Å². The highest BCUT2D eigenvalue weighted by Crippen LogP contribution is 2.22. The molecular weight excluding hydrogens is 350 g/mol. The van der Waals surface area contributed by atoms with Gasteiger partial charge in [-0.15, -0.1) is 0 Å². The van der Waals surface area contributed by atoms with Crippen LogP contribution in [0.25, 0.3) is 6.08 Å². The van der Waals surface area contributed by atoms with Gasteiger partial charge in [-0.05, 0) is 29.8 Å². The fourth-order valence-corrected chi connectivity index (χ4v) is 2.54. The van der Waals surface area contributed by atoms with Gasteiger partial charge in [0.25, 0.3) is 0 Å². The van der Waals surface area contributed by atoms with E-state index >= 15 is 0 Å². The van der Waals surface area contributed by atoms with Crippen LogP contribution in [0.1, 0.15) is 21.6 Å². The van der Waals surface area contributed by atoms with Crippen molar-refractivity contribution in [2.75, 3.05) is 7.11 Å². The van der Waals surface area contributed by atoms with Gasteiger partial charge in [-0.25, -0.2) is 0 Å². The summed E-state index contributed by atoms with van der Waals surface area (Å²) < 4.78 is 8.37. The number of carbonyl (C=O) groups excluding carboxylic acids is 1. The summed E-state index contributed by atoms with van der Waals surface area (Å²) in [4.78, 5) is 22.4. The Morgan fingerprint density at radius 1 is 1.37 bits per heavy atom. The van der Waals surface area contributed by atoms with Crippen molar-refractivity contribution in [3.63, 3.8) is 0 Å². The van der Waals surface area contributed by atoms with Crippen molar-refractivity contribution in [1.29, 1.82) is 0 Å². The lowest BCUT2D eigenvalue weighted by Crippen LogP contribution is -2.02. The lowest BCUT2D eigenvalue weighted by atomic mass is 10.1. The third-order valence-corrected chi connectivity index (χ3v) is 3.86. The summed E-state index contributed by atoms with van der Waals surface area (Å²) in [7, 11) is 3.29. The van der Waals surface area contributed by atoms with E-state index in [-0.39, 0.29) is 11.5 Å². The van der Waals surface area contributed by atoms with Crippen molar-refractivity contribution in [3.8, 4) is 5.75 Å². The molecule has 0 amide bonds. The van der Waals surface area contributed by atoms with E-state index in [9.17, 15) is 14.9 Å². The summed E-state index contributed by atoms with van der Waals surface area (Å²) in [5.41, 5.74) is 1.86. The molecule has 0 saturated carbocycles. The first-order valence-corrected chi connectivity index (χ1v) is 8.02. The summed E-state index contributed by atoms with van der Waals surface area (Å²) in [5, 5.41) is 18.9. The summed E-state index contributed by atoms with van der Waals surface area (Å²) in [5.74, 6) is 0.428. The molecule has 0 radical (unpaired) electrons. The number of aromatic nitrogens is 4. The van der Waals surface area contributed by atoms with Crippen LogP contribution >= 0.6 is 0 Å². The van der Waals surface area contributed by atoms with Crippen molar-refractivity contribution in [2.24, 2.45) is 7.05 Å². The van der Waals surface area contributed by atoms with Crippen molar-refractivity contribution in [3.05, 3.63) is 75.9 Å². The second-order valence-corrected chi connectivity index (χ2v) is 5.80. The molecule has 0 spiro atoms. The highest BCUT2D eigenvalue weighted by atomic mass is 16.6. The number of ketones is 1. The second kappa shape index (κ2) is 7.65. The monoisotopic (exact) mass is 367 g/mol. The van der Waals surface area contributed by atoms with Gasteiger partial charge in [0.1, 0.15) is 23.8 Å². The molecule has 1 aromatic carbocycles. The number of allylic oxidation sites excluding steroid dienone is 1. The number of nitrogens with zero attached hydrogens (tertiary/aromatic N) is 5. The van der Waals surface area contributed by atoms with E-state index in [0.717, 1.165) is 11.1 Å². The first kappa shape index (κ1) is 18.1. The molecule has 0 atom stereocenters. The van der Waals surface area contributed by atoms with Crippen LogP contribution in [-0.2, 0) is 13.6 Å². The average Bonchev–Trinajstić information content (AvgIpc) is 3.29. The molecule has 9 nitrogen and oxygen atoms in total. The number of hydrogen-bond acceptors (Lipinski definition) is 6. The van der Waals surface area contributed by atoms with Gasteiger partial charge in [0.15, 0.2) is 0 Å². The molecule has 27 heavy (non-hydrogen) atoms. The average molecular weight is 367 g/mol. The zero-order chi connectivity index (χ0) is 19.4. The van der Waals surface area contributed by atoms with E-state index in [0.29, 0.717) is 18.0 Å². The fourth-order valence-electron chi connectivity index (χ4n) is 2.54. The van der Waals surface area contributed by atoms with E-state index in [2.05, 4.69) is 10.2 Å². The largest absolute Gasteiger partial charge is 0.496 e. The lowest BCUT2D eigenvalue weighted by molar-refractivity contribution is -0.385. The van der Waals surface area contributed by atoms with E-state index in [4.69, 9.17) is 4.74 Å². The zero-order valence-corrected chi connectivity index (χ0v) is 14.8. The van der Waals surface area contributed by atoms with Crippen LogP contribution in [0.5, 0.6) is 5.75 Å². The quantitative estimate of drug-likeness (QED) is 0.275. The molecule has 0 aliphatic heterocycles. The predicted molar refractivity (Wildman–Crippen MR) is 97.5 cm³/mol. The Bertz CT molecular complexity index is 1020. The second-order valence-electron chi connectivity index (χ2n) is 5.80. The topological polar surface area (TPSA) is 105 Å². The number of carbonyl (C=O) groups is 1. The van der Waals surface area contributed by atoms with E-state index in [1.54, 1.807) is 43.2 Å². The summed E-state index contributed by atoms with van der Waals surface area (Å²) in [6, 6.07) is 7.08. The minimum atomic E-state index is -0.497. The summed E-state index contributed by atoms with van der Waals surface area (Å²) in [6.45, 7) is 0.298. The molecule has 3 rings (SSSR count). The number of aryl methyl sites for hydroxylation is 1. The normalized spacial score (nSPS) is 11.0. The van der Waals surface area contributed by atoms with Crippen LogP contribution in [0.4, 0.5) is 5.69 Å². The lowest BCUT2D eigenvalue weighted by Gasteiger charge is -2.09. The molecule has 0 N–H and O–H groups in total. The number of hydrogen-bond donors (Lipinski definition) is 0. The highest BCUT2D eigenvalue weighted by Gasteiger charge is 2.11.